The molecule has 1 amide bonds. The molecule has 0 radical (unpaired) electrons. The van der Waals surface area contributed by atoms with Crippen LogP contribution in [0.2, 0.25) is 0 Å². The van der Waals surface area contributed by atoms with E-state index in [9.17, 15) is 4.79 Å². The zero-order valence-corrected chi connectivity index (χ0v) is 15.6. The van der Waals surface area contributed by atoms with Crippen molar-refractivity contribution in [3.05, 3.63) is 106 Å². The van der Waals surface area contributed by atoms with Crippen molar-refractivity contribution in [2.45, 2.75) is 33.2 Å². The molecule has 0 unspecified atom stereocenters. The summed E-state index contributed by atoms with van der Waals surface area (Å²) in [5.41, 5.74) is 6.91. The van der Waals surface area contributed by atoms with Crippen LogP contribution in [0.4, 0.5) is 0 Å². The zero-order valence-electron chi connectivity index (χ0n) is 15.6. The topological polar surface area (TPSA) is 29.1 Å². The monoisotopic (exact) mass is 343 g/mol. The van der Waals surface area contributed by atoms with Gasteiger partial charge in [-0.15, -0.1) is 0 Å². The van der Waals surface area contributed by atoms with Gasteiger partial charge >= 0.3 is 0 Å². The Morgan fingerprint density at radius 2 is 1.50 bits per heavy atom. The lowest BCUT2D eigenvalue weighted by Crippen LogP contribution is -2.31. The zero-order chi connectivity index (χ0) is 18.5. The Balaban J connectivity index is 1.85. The van der Waals surface area contributed by atoms with Gasteiger partial charge in [-0.05, 0) is 54.2 Å². The number of carbonyl (C=O) groups excluding carboxylic acids is 1. The van der Waals surface area contributed by atoms with Crippen LogP contribution in [-0.2, 0) is 11.2 Å². The van der Waals surface area contributed by atoms with Crippen molar-refractivity contribution in [1.82, 2.24) is 5.32 Å². The standard InChI is InChI=1S/C24H25NO/c1-17-13-14-20(15-19(17)3)16-23(26)25-24(21-10-5-4-6-11-21)22-12-8-7-9-18(22)2/h4-15,24H,16H2,1-3H3,(H,25,26)/t24-/m1/s1. The molecule has 0 fully saturated rings. The fourth-order valence-electron chi connectivity index (χ4n) is 3.21. The normalized spacial score (nSPS) is 11.8. The van der Waals surface area contributed by atoms with Crippen LogP contribution >= 0.6 is 0 Å². The van der Waals surface area contributed by atoms with Crippen molar-refractivity contribution >= 4 is 5.91 Å². The van der Waals surface area contributed by atoms with Crippen LogP contribution in [0.3, 0.4) is 0 Å². The molecule has 0 saturated carbocycles. The summed E-state index contributed by atoms with van der Waals surface area (Å²) < 4.78 is 0. The summed E-state index contributed by atoms with van der Waals surface area (Å²) in [5.74, 6) is 0.0327. The Hall–Kier alpha value is -2.87. The minimum atomic E-state index is -0.142. The predicted octanol–water partition coefficient (Wildman–Crippen LogP) is 5.06. The Morgan fingerprint density at radius 3 is 2.19 bits per heavy atom. The van der Waals surface area contributed by atoms with Crippen LogP contribution in [0, 0.1) is 20.8 Å². The van der Waals surface area contributed by atoms with Crippen molar-refractivity contribution < 1.29 is 4.79 Å². The Kier molecular flexibility index (Phi) is 5.52. The van der Waals surface area contributed by atoms with E-state index in [4.69, 9.17) is 0 Å². The summed E-state index contributed by atoms with van der Waals surface area (Å²) in [7, 11) is 0. The van der Waals surface area contributed by atoms with Gasteiger partial charge in [-0.2, -0.15) is 0 Å². The van der Waals surface area contributed by atoms with Gasteiger partial charge in [0.05, 0.1) is 12.5 Å². The number of hydrogen-bond donors (Lipinski definition) is 1. The molecule has 1 N–H and O–H groups in total. The number of carbonyl (C=O) groups is 1. The summed E-state index contributed by atoms with van der Waals surface area (Å²) in [6.45, 7) is 6.25. The first-order chi connectivity index (χ1) is 12.5. The third-order valence-corrected chi connectivity index (χ3v) is 4.87. The summed E-state index contributed by atoms with van der Waals surface area (Å²) in [5, 5.41) is 3.23. The maximum Gasteiger partial charge on any atom is 0.225 e. The highest BCUT2D eigenvalue weighted by molar-refractivity contribution is 5.79. The maximum absolute atomic E-state index is 12.8. The number of aryl methyl sites for hydroxylation is 3. The fourth-order valence-corrected chi connectivity index (χ4v) is 3.21. The van der Waals surface area contributed by atoms with E-state index in [1.54, 1.807) is 0 Å². The van der Waals surface area contributed by atoms with Gasteiger partial charge in [0.1, 0.15) is 0 Å². The van der Waals surface area contributed by atoms with Crippen molar-refractivity contribution in [2.75, 3.05) is 0 Å². The first-order valence-electron chi connectivity index (χ1n) is 9.00. The number of amides is 1. The highest BCUT2D eigenvalue weighted by Crippen LogP contribution is 2.25. The molecular formula is C24H25NO. The van der Waals surface area contributed by atoms with E-state index < -0.39 is 0 Å². The lowest BCUT2D eigenvalue weighted by Gasteiger charge is -2.22. The summed E-state index contributed by atoms with van der Waals surface area (Å²) >= 11 is 0. The van der Waals surface area contributed by atoms with Crippen molar-refractivity contribution in [3.63, 3.8) is 0 Å². The first-order valence-corrected chi connectivity index (χ1v) is 9.00. The molecule has 0 bridgehead atoms. The van der Waals surface area contributed by atoms with Crippen molar-refractivity contribution in [3.8, 4) is 0 Å². The molecule has 3 aromatic carbocycles. The second kappa shape index (κ2) is 8.01. The lowest BCUT2D eigenvalue weighted by molar-refractivity contribution is -0.120. The molecule has 3 rings (SSSR count). The molecule has 0 aromatic heterocycles. The van der Waals surface area contributed by atoms with Crippen LogP contribution in [-0.4, -0.2) is 5.91 Å². The third-order valence-electron chi connectivity index (χ3n) is 4.87. The number of nitrogens with one attached hydrogen (secondary N) is 1. The van der Waals surface area contributed by atoms with Gasteiger partial charge in [-0.3, -0.25) is 4.79 Å². The number of benzene rings is 3. The van der Waals surface area contributed by atoms with Crippen LogP contribution in [0.1, 0.15) is 39.4 Å². The molecule has 0 spiro atoms. The van der Waals surface area contributed by atoms with Crippen LogP contribution in [0.25, 0.3) is 0 Å². The van der Waals surface area contributed by atoms with Crippen LogP contribution in [0.15, 0.2) is 72.8 Å². The molecule has 0 aliphatic heterocycles. The van der Waals surface area contributed by atoms with E-state index in [-0.39, 0.29) is 11.9 Å². The second-order valence-corrected chi connectivity index (χ2v) is 6.86. The molecule has 132 valence electrons. The quantitative estimate of drug-likeness (QED) is 0.689. The van der Waals surface area contributed by atoms with Crippen LogP contribution < -0.4 is 5.32 Å². The average molecular weight is 343 g/mol. The van der Waals surface area contributed by atoms with Gasteiger partial charge in [0.2, 0.25) is 5.91 Å². The molecule has 3 aromatic rings. The van der Waals surface area contributed by atoms with E-state index in [0.29, 0.717) is 6.42 Å². The van der Waals surface area contributed by atoms with Gasteiger partial charge in [-0.1, -0.05) is 72.8 Å². The number of hydrogen-bond acceptors (Lipinski definition) is 1. The molecule has 2 nitrogen and oxygen atoms in total. The van der Waals surface area contributed by atoms with Crippen LogP contribution in [0.5, 0.6) is 0 Å². The molecule has 0 aliphatic carbocycles. The molecule has 0 aliphatic rings. The summed E-state index contributed by atoms with van der Waals surface area (Å²) in [4.78, 5) is 12.8. The fraction of sp³-hybridized carbons (Fsp3) is 0.208. The molecule has 0 saturated heterocycles. The largest absolute Gasteiger partial charge is 0.345 e. The van der Waals surface area contributed by atoms with Crippen molar-refractivity contribution in [1.29, 1.82) is 0 Å². The van der Waals surface area contributed by atoms with Crippen molar-refractivity contribution in [2.24, 2.45) is 0 Å². The van der Waals surface area contributed by atoms with Gasteiger partial charge in [0, 0.05) is 0 Å². The van der Waals surface area contributed by atoms with Gasteiger partial charge < -0.3 is 5.32 Å². The Morgan fingerprint density at radius 1 is 0.808 bits per heavy atom. The van der Waals surface area contributed by atoms with Gasteiger partial charge in [0.25, 0.3) is 0 Å². The minimum Gasteiger partial charge on any atom is -0.345 e. The second-order valence-electron chi connectivity index (χ2n) is 6.86. The van der Waals surface area contributed by atoms with E-state index in [1.807, 2.05) is 36.4 Å². The lowest BCUT2D eigenvalue weighted by atomic mass is 9.94. The first kappa shape index (κ1) is 17.9. The average Bonchev–Trinajstić information content (AvgIpc) is 2.64. The molecule has 1 atom stereocenters. The number of rotatable bonds is 5. The highest BCUT2D eigenvalue weighted by Gasteiger charge is 2.18. The Labute approximate surface area is 155 Å². The molecule has 0 heterocycles. The maximum atomic E-state index is 12.8. The predicted molar refractivity (Wildman–Crippen MR) is 107 cm³/mol. The minimum absolute atomic E-state index is 0.0327. The van der Waals surface area contributed by atoms with E-state index in [0.717, 1.165) is 16.7 Å². The summed E-state index contributed by atoms with van der Waals surface area (Å²) in [6, 6.07) is 24.4. The molecule has 2 heteroatoms. The third kappa shape index (κ3) is 4.20. The molecular weight excluding hydrogens is 318 g/mol. The van der Waals surface area contributed by atoms with Gasteiger partial charge in [-0.25, -0.2) is 0 Å². The van der Waals surface area contributed by atoms with Gasteiger partial charge in [0.15, 0.2) is 0 Å². The highest BCUT2D eigenvalue weighted by atomic mass is 16.1. The smallest absolute Gasteiger partial charge is 0.225 e. The van der Waals surface area contributed by atoms with E-state index >= 15 is 0 Å². The molecule has 26 heavy (non-hydrogen) atoms. The van der Waals surface area contributed by atoms with E-state index in [2.05, 4.69) is 62.5 Å². The Bertz CT molecular complexity index is 899. The van der Waals surface area contributed by atoms with E-state index in [1.165, 1.54) is 16.7 Å². The summed E-state index contributed by atoms with van der Waals surface area (Å²) in [6.07, 6.45) is 0.385. The SMILES string of the molecule is Cc1ccc(CC(=O)N[C@H](c2ccccc2)c2ccccc2C)cc1C.